The van der Waals surface area contributed by atoms with Gasteiger partial charge >= 0.3 is 0 Å². The molecule has 0 saturated heterocycles. The zero-order chi connectivity index (χ0) is 15.5. The summed E-state index contributed by atoms with van der Waals surface area (Å²) in [5.41, 5.74) is 1.38. The topological polar surface area (TPSA) is 33.3 Å². The number of methoxy groups -OCH3 is 1. The van der Waals surface area contributed by atoms with Crippen LogP contribution in [0.15, 0.2) is 24.3 Å². The molecule has 0 heterocycles. The van der Waals surface area contributed by atoms with Crippen LogP contribution in [0.1, 0.15) is 40.0 Å². The van der Waals surface area contributed by atoms with Crippen molar-refractivity contribution in [2.75, 3.05) is 12.4 Å². The number of hydrogen-bond acceptors (Lipinski definition) is 2. The summed E-state index contributed by atoms with van der Waals surface area (Å²) in [7, 11) is 1.67. The molecule has 1 aliphatic rings. The Kier molecular flexibility index (Phi) is 5.09. The fourth-order valence-electron chi connectivity index (χ4n) is 3.48. The maximum absolute atomic E-state index is 5.44. The summed E-state index contributed by atoms with van der Waals surface area (Å²) in [4.78, 5) is 0. The molecule has 0 radical (unpaired) electrons. The molecule has 0 amide bonds. The van der Waals surface area contributed by atoms with Crippen molar-refractivity contribution in [2.45, 2.75) is 46.1 Å². The maximum atomic E-state index is 5.44. The maximum Gasteiger partial charge on any atom is 0.170 e. The van der Waals surface area contributed by atoms with Gasteiger partial charge < -0.3 is 15.4 Å². The van der Waals surface area contributed by atoms with Gasteiger partial charge in [0.05, 0.1) is 7.11 Å². The molecule has 3 nitrogen and oxygen atoms in total. The summed E-state index contributed by atoms with van der Waals surface area (Å²) in [6.45, 7) is 7.02. The van der Waals surface area contributed by atoms with E-state index in [1.54, 1.807) is 7.11 Å². The third kappa shape index (κ3) is 4.88. The minimum absolute atomic E-state index is 0.394. The summed E-state index contributed by atoms with van der Waals surface area (Å²) in [5, 5.41) is 7.42. The van der Waals surface area contributed by atoms with Crippen molar-refractivity contribution in [3.05, 3.63) is 24.3 Å². The monoisotopic (exact) mass is 306 g/mol. The zero-order valence-corrected chi connectivity index (χ0v) is 14.2. The number of hydrogen-bond donors (Lipinski definition) is 2. The van der Waals surface area contributed by atoms with Crippen molar-refractivity contribution in [1.82, 2.24) is 5.32 Å². The van der Waals surface area contributed by atoms with Gasteiger partial charge in [0.15, 0.2) is 5.11 Å². The lowest BCUT2D eigenvalue weighted by molar-refractivity contribution is 0.162. The fraction of sp³-hybridized carbons (Fsp3) is 0.588. The van der Waals surface area contributed by atoms with Crippen LogP contribution in [0.3, 0.4) is 0 Å². The van der Waals surface area contributed by atoms with Crippen LogP contribution in [-0.2, 0) is 0 Å². The van der Waals surface area contributed by atoms with Gasteiger partial charge in [0.1, 0.15) is 5.75 Å². The molecule has 0 aliphatic heterocycles. The van der Waals surface area contributed by atoms with Gasteiger partial charge in [-0.25, -0.2) is 0 Å². The molecule has 2 unspecified atom stereocenters. The number of ether oxygens (including phenoxy) is 1. The number of nitrogens with one attached hydrogen (secondary N) is 2. The van der Waals surface area contributed by atoms with Gasteiger partial charge in [-0.1, -0.05) is 20.8 Å². The van der Waals surface area contributed by atoms with E-state index in [2.05, 4.69) is 31.4 Å². The molecule has 1 saturated carbocycles. The van der Waals surface area contributed by atoms with Crippen LogP contribution in [0, 0.1) is 11.3 Å². The minimum Gasteiger partial charge on any atom is -0.497 e. The molecule has 0 bridgehead atoms. The molecule has 1 aromatic carbocycles. The van der Waals surface area contributed by atoms with Gasteiger partial charge in [-0.05, 0) is 67.1 Å². The first kappa shape index (κ1) is 16.1. The fourth-order valence-corrected chi connectivity index (χ4v) is 3.77. The molecular weight excluding hydrogens is 280 g/mol. The van der Waals surface area contributed by atoms with E-state index < -0.39 is 0 Å². The highest BCUT2D eigenvalue weighted by Crippen LogP contribution is 2.38. The van der Waals surface area contributed by atoms with Crippen LogP contribution in [0.5, 0.6) is 5.75 Å². The summed E-state index contributed by atoms with van der Waals surface area (Å²) in [6.07, 6.45) is 3.65. The molecule has 21 heavy (non-hydrogen) atoms. The van der Waals surface area contributed by atoms with E-state index in [9.17, 15) is 0 Å². The normalized spacial score (nSPS) is 24.2. The summed E-state index contributed by atoms with van der Waals surface area (Å²) in [5.74, 6) is 1.59. The van der Waals surface area contributed by atoms with Crippen LogP contribution < -0.4 is 15.4 Å². The lowest BCUT2D eigenvalue weighted by Gasteiger charge is -2.39. The highest BCUT2D eigenvalue weighted by atomic mass is 32.1. The molecule has 4 heteroatoms. The molecule has 2 atom stereocenters. The molecule has 0 spiro atoms. The molecule has 0 aromatic heterocycles. The molecular formula is C17H26N2OS. The van der Waals surface area contributed by atoms with E-state index in [0.29, 0.717) is 16.6 Å². The highest BCUT2D eigenvalue weighted by Gasteiger charge is 2.32. The molecule has 1 fully saturated rings. The van der Waals surface area contributed by atoms with Gasteiger partial charge in [0, 0.05) is 11.7 Å². The molecule has 116 valence electrons. The first-order chi connectivity index (χ1) is 9.88. The third-order valence-corrected chi connectivity index (χ3v) is 4.29. The Hall–Kier alpha value is -1.29. The Labute approximate surface area is 133 Å². The lowest BCUT2D eigenvalue weighted by atomic mass is 9.71. The standard InChI is InChI=1S/C17H26N2OS/c1-12-9-14(11-17(2,3)10-12)19-16(21)18-13-5-7-15(20-4)8-6-13/h5-8,12,14H,9-11H2,1-4H3,(H2,18,19,21). The van der Waals surface area contributed by atoms with Gasteiger partial charge in [0.25, 0.3) is 0 Å². The van der Waals surface area contributed by atoms with Crippen molar-refractivity contribution in [1.29, 1.82) is 0 Å². The number of thiocarbonyl (C=S) groups is 1. The van der Waals surface area contributed by atoms with Crippen molar-refractivity contribution in [2.24, 2.45) is 11.3 Å². The third-order valence-electron chi connectivity index (χ3n) is 4.07. The van der Waals surface area contributed by atoms with Crippen LogP contribution in [0.25, 0.3) is 0 Å². The van der Waals surface area contributed by atoms with E-state index in [0.717, 1.165) is 17.4 Å². The Morgan fingerprint density at radius 3 is 2.48 bits per heavy atom. The Bertz CT molecular complexity index is 484. The molecule has 1 aliphatic carbocycles. The second-order valence-electron chi connectivity index (χ2n) is 6.94. The first-order valence-corrected chi connectivity index (χ1v) is 8.00. The summed E-state index contributed by atoms with van der Waals surface area (Å²) in [6, 6.07) is 8.26. The highest BCUT2D eigenvalue weighted by molar-refractivity contribution is 7.80. The number of benzene rings is 1. The average molecular weight is 306 g/mol. The van der Waals surface area contributed by atoms with Gasteiger partial charge in [0.2, 0.25) is 0 Å². The van der Waals surface area contributed by atoms with Gasteiger partial charge in [-0.2, -0.15) is 0 Å². The minimum atomic E-state index is 0.394. The van der Waals surface area contributed by atoms with Crippen molar-refractivity contribution in [3.8, 4) is 5.75 Å². The van der Waals surface area contributed by atoms with E-state index in [4.69, 9.17) is 17.0 Å². The van der Waals surface area contributed by atoms with E-state index >= 15 is 0 Å². The van der Waals surface area contributed by atoms with E-state index in [-0.39, 0.29) is 0 Å². The second kappa shape index (κ2) is 6.65. The van der Waals surface area contributed by atoms with E-state index in [1.807, 2.05) is 24.3 Å². The Morgan fingerprint density at radius 1 is 1.24 bits per heavy atom. The van der Waals surface area contributed by atoms with Crippen LogP contribution >= 0.6 is 12.2 Å². The van der Waals surface area contributed by atoms with Crippen LogP contribution in [-0.4, -0.2) is 18.3 Å². The predicted octanol–water partition coefficient (Wildman–Crippen LogP) is 4.20. The van der Waals surface area contributed by atoms with Crippen molar-refractivity contribution in [3.63, 3.8) is 0 Å². The summed E-state index contributed by atoms with van der Waals surface area (Å²) >= 11 is 5.44. The smallest absolute Gasteiger partial charge is 0.170 e. The largest absolute Gasteiger partial charge is 0.497 e. The average Bonchev–Trinajstić information content (AvgIpc) is 2.36. The van der Waals surface area contributed by atoms with Gasteiger partial charge in [-0.15, -0.1) is 0 Å². The first-order valence-electron chi connectivity index (χ1n) is 7.59. The number of rotatable bonds is 3. The predicted molar refractivity (Wildman–Crippen MR) is 92.9 cm³/mol. The van der Waals surface area contributed by atoms with E-state index in [1.165, 1.54) is 19.3 Å². The second-order valence-corrected chi connectivity index (χ2v) is 7.35. The molecule has 2 rings (SSSR count). The zero-order valence-electron chi connectivity index (χ0n) is 13.4. The lowest BCUT2D eigenvalue weighted by Crippen LogP contribution is -2.44. The SMILES string of the molecule is COc1ccc(NC(=S)NC2CC(C)CC(C)(C)C2)cc1. The van der Waals surface area contributed by atoms with Gasteiger partial charge in [-0.3, -0.25) is 0 Å². The van der Waals surface area contributed by atoms with Crippen molar-refractivity contribution >= 4 is 23.0 Å². The van der Waals surface area contributed by atoms with Crippen molar-refractivity contribution < 1.29 is 4.74 Å². The number of anilines is 1. The molecule has 2 N–H and O–H groups in total. The quantitative estimate of drug-likeness (QED) is 0.820. The Balaban J connectivity index is 1.88. The molecule has 1 aromatic rings. The summed E-state index contributed by atoms with van der Waals surface area (Å²) < 4.78 is 5.15. The Morgan fingerprint density at radius 2 is 1.90 bits per heavy atom. The van der Waals surface area contributed by atoms with Crippen LogP contribution in [0.4, 0.5) is 5.69 Å². The van der Waals surface area contributed by atoms with Crippen LogP contribution in [0.2, 0.25) is 0 Å².